The Hall–Kier alpha value is -1.16. The molecule has 0 bridgehead atoms. The van der Waals surface area contributed by atoms with E-state index in [1.54, 1.807) is 4.90 Å². The second-order valence-corrected chi connectivity index (χ2v) is 6.14. The van der Waals surface area contributed by atoms with Gasteiger partial charge in [-0.25, -0.2) is 0 Å². The summed E-state index contributed by atoms with van der Waals surface area (Å²) in [7, 11) is 0. The zero-order chi connectivity index (χ0) is 15.7. The van der Waals surface area contributed by atoms with Crippen molar-refractivity contribution >= 4 is 5.91 Å². The zero-order valence-corrected chi connectivity index (χ0v) is 13.4. The molecule has 0 spiro atoms. The van der Waals surface area contributed by atoms with E-state index >= 15 is 0 Å². The van der Waals surface area contributed by atoms with Gasteiger partial charge in [-0.15, -0.1) is 0 Å². The molecule has 0 aromatic carbocycles. The Labute approximate surface area is 127 Å². The number of amides is 1. The molecule has 0 N–H and O–H groups in total. The fourth-order valence-electron chi connectivity index (χ4n) is 2.00. The Balaban J connectivity index is 2.41. The molecule has 6 nitrogen and oxygen atoms in total. The fraction of sp³-hybridized carbons (Fsp3) is 0.867. The maximum absolute atomic E-state index is 12.2. The Morgan fingerprint density at radius 3 is 2.57 bits per heavy atom. The van der Waals surface area contributed by atoms with Crippen LogP contribution in [0.5, 0.6) is 0 Å². The number of hydrogen-bond acceptors (Lipinski definition) is 5. The average Bonchev–Trinajstić information content (AvgIpc) is 2.45. The predicted octanol–water partition coefficient (Wildman–Crippen LogP) is 0.876. The highest BCUT2D eigenvalue weighted by molar-refractivity contribution is 5.77. The zero-order valence-electron chi connectivity index (χ0n) is 13.4. The number of carbonyl (C=O) groups is 1. The van der Waals surface area contributed by atoms with Crippen LogP contribution in [0.3, 0.4) is 0 Å². The SMILES string of the molecule is CC(C)(C)OCC(=O)N(CCC#N)CCN1CCOCC1. The summed E-state index contributed by atoms with van der Waals surface area (Å²) < 4.78 is 10.8. The third-order valence-corrected chi connectivity index (χ3v) is 3.26. The molecule has 0 aliphatic carbocycles. The maximum atomic E-state index is 12.2. The standard InChI is InChI=1S/C15H27N3O3/c1-15(2,3)21-13-14(19)18(6-4-5-16)8-7-17-9-11-20-12-10-17/h4,6-13H2,1-3H3. The van der Waals surface area contributed by atoms with Crippen LogP contribution < -0.4 is 0 Å². The summed E-state index contributed by atoms with van der Waals surface area (Å²) >= 11 is 0. The quantitative estimate of drug-likeness (QED) is 0.698. The molecular formula is C15H27N3O3. The van der Waals surface area contributed by atoms with E-state index in [1.165, 1.54) is 0 Å². The third-order valence-electron chi connectivity index (χ3n) is 3.26. The number of morpholine rings is 1. The second kappa shape index (κ2) is 8.98. The maximum Gasteiger partial charge on any atom is 0.248 e. The van der Waals surface area contributed by atoms with Crippen molar-refractivity contribution in [3.05, 3.63) is 0 Å². The van der Waals surface area contributed by atoms with E-state index in [0.717, 1.165) is 32.8 Å². The fourth-order valence-corrected chi connectivity index (χ4v) is 2.00. The third kappa shape index (κ3) is 8.00. The van der Waals surface area contributed by atoms with Crippen LogP contribution in [0.15, 0.2) is 0 Å². The van der Waals surface area contributed by atoms with Gasteiger partial charge in [-0.1, -0.05) is 0 Å². The Morgan fingerprint density at radius 2 is 2.00 bits per heavy atom. The van der Waals surface area contributed by atoms with Gasteiger partial charge in [-0.05, 0) is 20.8 Å². The highest BCUT2D eigenvalue weighted by Crippen LogP contribution is 2.07. The molecule has 6 heteroatoms. The van der Waals surface area contributed by atoms with E-state index in [0.29, 0.717) is 19.5 Å². The van der Waals surface area contributed by atoms with Gasteiger partial charge in [0.15, 0.2) is 0 Å². The molecule has 0 saturated carbocycles. The average molecular weight is 297 g/mol. The van der Waals surface area contributed by atoms with Crippen LogP contribution in [0.4, 0.5) is 0 Å². The van der Waals surface area contributed by atoms with Gasteiger partial charge in [-0.2, -0.15) is 5.26 Å². The molecular weight excluding hydrogens is 270 g/mol. The van der Waals surface area contributed by atoms with E-state index in [-0.39, 0.29) is 18.1 Å². The van der Waals surface area contributed by atoms with Gasteiger partial charge in [0.2, 0.25) is 5.91 Å². The van der Waals surface area contributed by atoms with E-state index in [2.05, 4.69) is 11.0 Å². The summed E-state index contributed by atoms with van der Waals surface area (Å²) in [5.74, 6) is -0.0477. The van der Waals surface area contributed by atoms with Crippen LogP contribution in [-0.2, 0) is 14.3 Å². The Morgan fingerprint density at radius 1 is 1.33 bits per heavy atom. The number of nitrogens with zero attached hydrogens (tertiary/aromatic N) is 3. The van der Waals surface area contributed by atoms with Crippen molar-refractivity contribution in [2.24, 2.45) is 0 Å². The van der Waals surface area contributed by atoms with Gasteiger partial charge in [0, 0.05) is 32.7 Å². The second-order valence-electron chi connectivity index (χ2n) is 6.14. The lowest BCUT2D eigenvalue weighted by Gasteiger charge is -2.30. The molecule has 1 amide bonds. The first-order valence-electron chi connectivity index (χ1n) is 7.51. The monoisotopic (exact) mass is 297 g/mol. The van der Waals surface area contributed by atoms with Gasteiger partial charge in [0.25, 0.3) is 0 Å². The van der Waals surface area contributed by atoms with Crippen LogP contribution in [0.2, 0.25) is 0 Å². The molecule has 21 heavy (non-hydrogen) atoms. The molecule has 0 unspecified atom stereocenters. The van der Waals surface area contributed by atoms with Crippen molar-refractivity contribution in [1.82, 2.24) is 9.80 Å². The minimum absolute atomic E-state index is 0.0477. The first kappa shape index (κ1) is 17.9. The highest BCUT2D eigenvalue weighted by atomic mass is 16.5. The summed E-state index contributed by atoms with van der Waals surface area (Å²) in [5.41, 5.74) is -0.333. The van der Waals surface area contributed by atoms with Crippen LogP contribution >= 0.6 is 0 Å². The number of hydrogen-bond donors (Lipinski definition) is 0. The van der Waals surface area contributed by atoms with Crippen molar-refractivity contribution in [3.8, 4) is 6.07 Å². The predicted molar refractivity (Wildman–Crippen MR) is 79.8 cm³/mol. The van der Waals surface area contributed by atoms with Crippen molar-refractivity contribution in [2.45, 2.75) is 32.8 Å². The van der Waals surface area contributed by atoms with E-state index < -0.39 is 0 Å². The molecule has 1 aliphatic heterocycles. The van der Waals surface area contributed by atoms with Crippen LogP contribution in [-0.4, -0.2) is 73.9 Å². The summed E-state index contributed by atoms with van der Waals surface area (Å²) in [6.45, 7) is 11.1. The van der Waals surface area contributed by atoms with Crippen molar-refractivity contribution in [3.63, 3.8) is 0 Å². The molecule has 1 heterocycles. The smallest absolute Gasteiger partial charge is 0.248 e. The van der Waals surface area contributed by atoms with E-state index in [9.17, 15) is 4.79 Å². The summed E-state index contributed by atoms with van der Waals surface area (Å²) in [6, 6.07) is 2.10. The van der Waals surface area contributed by atoms with Crippen LogP contribution in [0, 0.1) is 11.3 Å². The van der Waals surface area contributed by atoms with Crippen LogP contribution in [0.25, 0.3) is 0 Å². The molecule has 0 radical (unpaired) electrons. The van der Waals surface area contributed by atoms with E-state index in [1.807, 2.05) is 20.8 Å². The summed E-state index contributed by atoms with van der Waals surface area (Å²) in [6.07, 6.45) is 0.352. The van der Waals surface area contributed by atoms with Crippen LogP contribution in [0.1, 0.15) is 27.2 Å². The molecule has 0 aromatic heterocycles. The van der Waals surface area contributed by atoms with Gasteiger partial charge in [0.05, 0.1) is 31.3 Å². The summed E-state index contributed by atoms with van der Waals surface area (Å²) in [4.78, 5) is 16.2. The van der Waals surface area contributed by atoms with Crippen molar-refractivity contribution in [2.75, 3.05) is 52.5 Å². The number of ether oxygens (including phenoxy) is 2. The molecule has 1 fully saturated rings. The van der Waals surface area contributed by atoms with Gasteiger partial charge in [-0.3, -0.25) is 9.69 Å². The summed E-state index contributed by atoms with van der Waals surface area (Å²) in [5, 5.41) is 8.73. The molecule has 1 aliphatic rings. The normalized spacial score (nSPS) is 16.5. The number of carbonyl (C=O) groups excluding carboxylic acids is 1. The lowest BCUT2D eigenvalue weighted by Crippen LogP contribution is -2.44. The van der Waals surface area contributed by atoms with E-state index in [4.69, 9.17) is 14.7 Å². The first-order valence-corrected chi connectivity index (χ1v) is 7.51. The Bertz CT molecular complexity index is 354. The molecule has 120 valence electrons. The lowest BCUT2D eigenvalue weighted by molar-refractivity contribution is -0.141. The lowest BCUT2D eigenvalue weighted by atomic mass is 10.2. The van der Waals surface area contributed by atoms with Crippen molar-refractivity contribution in [1.29, 1.82) is 5.26 Å². The van der Waals surface area contributed by atoms with Gasteiger partial charge < -0.3 is 14.4 Å². The minimum atomic E-state index is -0.333. The van der Waals surface area contributed by atoms with Crippen molar-refractivity contribution < 1.29 is 14.3 Å². The first-order chi connectivity index (χ1) is 9.92. The van der Waals surface area contributed by atoms with Gasteiger partial charge >= 0.3 is 0 Å². The highest BCUT2D eigenvalue weighted by Gasteiger charge is 2.19. The minimum Gasteiger partial charge on any atom is -0.379 e. The van der Waals surface area contributed by atoms with Gasteiger partial charge in [0.1, 0.15) is 6.61 Å². The molecule has 1 saturated heterocycles. The topological polar surface area (TPSA) is 65.8 Å². The Kier molecular flexibility index (Phi) is 7.65. The number of rotatable bonds is 7. The molecule has 0 atom stereocenters. The molecule has 1 rings (SSSR count). The largest absolute Gasteiger partial charge is 0.379 e. The molecule has 0 aromatic rings. The number of nitriles is 1.